The quantitative estimate of drug-likeness (QED) is 0.233. The van der Waals surface area contributed by atoms with Crippen LogP contribution in [-0.2, 0) is 18.0 Å². The molecule has 0 saturated heterocycles. The van der Waals surface area contributed by atoms with Gasteiger partial charge in [-0.05, 0) is 35.9 Å². The lowest BCUT2D eigenvalue weighted by molar-refractivity contribution is -0.192. The van der Waals surface area contributed by atoms with Crippen LogP contribution in [0.25, 0.3) is 27.8 Å². The molecule has 5 rings (SSSR count). The molecule has 1 amide bonds. The number of para-hydroxylation sites is 1. The number of aryl methyl sites for hydroxylation is 1. The number of carbonyl (C=O) groups is 2. The Kier molecular flexibility index (Phi) is 8.46. The van der Waals surface area contributed by atoms with E-state index in [1.807, 2.05) is 17.8 Å². The number of nitrogens with one attached hydrogen (secondary N) is 1. The summed E-state index contributed by atoms with van der Waals surface area (Å²) >= 11 is 0. The number of fused-ring (bicyclic) bond motifs is 1. The number of pyridine rings is 1. The number of carboxylic acids is 1. The van der Waals surface area contributed by atoms with Crippen molar-refractivity contribution in [1.29, 1.82) is 0 Å². The van der Waals surface area contributed by atoms with Gasteiger partial charge in [-0.15, -0.1) is 0 Å². The Bertz CT molecular complexity index is 1900. The molecule has 0 unspecified atom stereocenters. The number of carbonyl (C=O) groups excluding carboxylic acids is 1. The van der Waals surface area contributed by atoms with Gasteiger partial charge in [-0.1, -0.05) is 30.3 Å². The predicted octanol–water partition coefficient (Wildman–Crippen LogP) is 5.27. The minimum absolute atomic E-state index is 0.204. The highest BCUT2D eigenvalue weighted by Crippen LogP contribution is 2.33. The maximum Gasteiger partial charge on any atom is 0.490 e. The molecule has 10 nitrogen and oxygen atoms in total. The number of amides is 1. The molecule has 0 aliphatic rings. The van der Waals surface area contributed by atoms with Gasteiger partial charge in [0.2, 0.25) is 0 Å². The number of carboxylic acid groups (broad SMARTS) is 1. The maximum atomic E-state index is 13.6. The van der Waals surface area contributed by atoms with E-state index in [1.165, 1.54) is 18.5 Å². The van der Waals surface area contributed by atoms with Crippen LogP contribution in [0, 0.1) is 0 Å². The average molecular weight is 618 g/mol. The molecule has 4 N–H and O–H groups in total. The van der Waals surface area contributed by atoms with E-state index >= 15 is 0 Å². The molecule has 44 heavy (non-hydrogen) atoms. The summed E-state index contributed by atoms with van der Waals surface area (Å²) in [5, 5.41) is 10.3. The molecule has 0 spiro atoms. The van der Waals surface area contributed by atoms with E-state index in [-0.39, 0.29) is 5.69 Å². The first kappa shape index (κ1) is 31.3. The summed E-state index contributed by atoms with van der Waals surface area (Å²) in [6, 6.07) is 14.9. The minimum Gasteiger partial charge on any atom is -0.475 e. The highest BCUT2D eigenvalue weighted by Gasteiger charge is 2.38. The molecule has 0 fully saturated rings. The van der Waals surface area contributed by atoms with E-state index in [4.69, 9.17) is 15.6 Å². The number of nitrogens with two attached hydrogens (primary N) is 1. The summed E-state index contributed by atoms with van der Waals surface area (Å²) in [4.78, 5) is 43.1. The number of halogens is 6. The van der Waals surface area contributed by atoms with Crippen LogP contribution in [0.2, 0.25) is 0 Å². The Morgan fingerprint density at radius 2 is 1.55 bits per heavy atom. The van der Waals surface area contributed by atoms with Crippen molar-refractivity contribution in [3.8, 4) is 16.8 Å². The van der Waals surface area contributed by atoms with Crippen LogP contribution < -0.4 is 16.6 Å². The SMILES string of the molecule is Cn1cc(-c2ccc(NC(=O)c3cc(C(F)(F)F)cn(-c4ccccc4)c3=O)cc2)c2c(N)ncnc21.O=C(O)C(F)(F)F. The van der Waals surface area contributed by atoms with Gasteiger partial charge in [-0.3, -0.25) is 14.2 Å². The number of rotatable bonds is 4. The van der Waals surface area contributed by atoms with E-state index in [0.29, 0.717) is 34.8 Å². The molecular weight excluding hydrogens is 598 g/mol. The van der Waals surface area contributed by atoms with Gasteiger partial charge in [0.1, 0.15) is 23.4 Å². The van der Waals surface area contributed by atoms with E-state index in [2.05, 4.69) is 15.3 Å². The highest BCUT2D eigenvalue weighted by molar-refractivity contribution is 6.05. The molecule has 228 valence electrons. The normalized spacial score (nSPS) is 11.5. The van der Waals surface area contributed by atoms with E-state index in [9.17, 15) is 35.9 Å². The third kappa shape index (κ3) is 6.69. The predicted molar refractivity (Wildman–Crippen MR) is 147 cm³/mol. The van der Waals surface area contributed by atoms with Crippen LogP contribution in [-0.4, -0.2) is 42.3 Å². The van der Waals surface area contributed by atoms with Gasteiger partial charge in [-0.2, -0.15) is 26.3 Å². The average Bonchev–Trinajstić information content (AvgIpc) is 3.30. The third-order valence-electron chi connectivity index (χ3n) is 6.10. The maximum absolute atomic E-state index is 13.6. The summed E-state index contributed by atoms with van der Waals surface area (Å²) in [6.45, 7) is 0. The van der Waals surface area contributed by atoms with Crippen LogP contribution in [0.5, 0.6) is 0 Å². The number of hydrogen-bond donors (Lipinski definition) is 3. The fourth-order valence-corrected chi connectivity index (χ4v) is 4.07. The zero-order valence-electron chi connectivity index (χ0n) is 22.3. The first-order valence-corrected chi connectivity index (χ1v) is 12.2. The zero-order valence-corrected chi connectivity index (χ0v) is 22.3. The monoisotopic (exact) mass is 618 g/mol. The molecule has 2 aromatic carbocycles. The Labute approximate surface area is 243 Å². The molecule has 5 aromatic rings. The number of aromatic nitrogens is 4. The summed E-state index contributed by atoms with van der Waals surface area (Å²) in [7, 11) is 1.82. The largest absolute Gasteiger partial charge is 0.490 e. The molecule has 3 aromatic heterocycles. The fourth-order valence-electron chi connectivity index (χ4n) is 4.07. The molecule has 3 heterocycles. The van der Waals surface area contributed by atoms with E-state index < -0.39 is 40.9 Å². The Morgan fingerprint density at radius 1 is 0.932 bits per heavy atom. The van der Waals surface area contributed by atoms with E-state index in [1.54, 1.807) is 42.5 Å². The number of benzene rings is 2. The Hall–Kier alpha value is -5.67. The van der Waals surface area contributed by atoms with Gasteiger partial charge in [0.25, 0.3) is 11.5 Å². The third-order valence-corrected chi connectivity index (χ3v) is 6.10. The van der Waals surface area contributed by atoms with Crippen LogP contribution in [0.3, 0.4) is 0 Å². The lowest BCUT2D eigenvalue weighted by Gasteiger charge is -2.14. The van der Waals surface area contributed by atoms with Crippen molar-refractivity contribution < 1.29 is 41.0 Å². The van der Waals surface area contributed by atoms with Crippen molar-refractivity contribution in [2.75, 3.05) is 11.1 Å². The second-order valence-electron chi connectivity index (χ2n) is 9.10. The van der Waals surface area contributed by atoms with Gasteiger partial charge in [0.05, 0.1) is 10.9 Å². The molecule has 0 bridgehead atoms. The lowest BCUT2D eigenvalue weighted by atomic mass is 10.1. The zero-order chi connectivity index (χ0) is 32.4. The van der Waals surface area contributed by atoms with Crippen LogP contribution in [0.15, 0.2) is 84.2 Å². The number of alkyl halides is 6. The van der Waals surface area contributed by atoms with Crippen molar-refractivity contribution in [2.45, 2.75) is 12.4 Å². The summed E-state index contributed by atoms with van der Waals surface area (Å²) in [5.41, 5.74) is 6.10. The van der Waals surface area contributed by atoms with Crippen molar-refractivity contribution >= 4 is 34.4 Å². The lowest BCUT2D eigenvalue weighted by Crippen LogP contribution is -2.30. The van der Waals surface area contributed by atoms with Crippen molar-refractivity contribution in [1.82, 2.24) is 19.1 Å². The molecule has 0 radical (unpaired) electrons. The smallest absolute Gasteiger partial charge is 0.475 e. The van der Waals surface area contributed by atoms with Gasteiger partial charge in [0.15, 0.2) is 0 Å². The number of anilines is 2. The standard InChI is InChI=1S/C26H19F3N6O2.C2HF3O2/c1-34-13-20(21-22(30)31-14-32-23(21)34)15-7-9-17(10-8-15)33-24(36)19-11-16(26(27,28)29)12-35(25(19)37)18-5-3-2-4-6-18;3-2(4,5)1(6)7/h2-14H,1H3,(H,33,36)(H2,30,31,32);(H,6,7). The second-order valence-corrected chi connectivity index (χ2v) is 9.10. The minimum atomic E-state index is -5.08. The number of hydrogen-bond acceptors (Lipinski definition) is 6. The van der Waals surface area contributed by atoms with Crippen LogP contribution in [0.4, 0.5) is 37.8 Å². The summed E-state index contributed by atoms with van der Waals surface area (Å²) < 4.78 is 75.1. The molecule has 0 saturated carbocycles. The van der Waals surface area contributed by atoms with E-state index in [0.717, 1.165) is 15.7 Å². The highest BCUT2D eigenvalue weighted by atomic mass is 19.4. The molecule has 0 atom stereocenters. The van der Waals surface area contributed by atoms with Crippen molar-refractivity contribution in [3.05, 3.63) is 101 Å². The Morgan fingerprint density at radius 3 is 2.11 bits per heavy atom. The molecule has 0 aliphatic carbocycles. The molecule has 0 aliphatic heterocycles. The molecule has 16 heteroatoms. The molecular formula is C28H20F6N6O4. The van der Waals surface area contributed by atoms with Gasteiger partial charge < -0.3 is 20.7 Å². The number of nitrogens with zero attached hydrogens (tertiary/aromatic N) is 4. The van der Waals surface area contributed by atoms with Crippen molar-refractivity contribution in [3.63, 3.8) is 0 Å². The van der Waals surface area contributed by atoms with Gasteiger partial charge >= 0.3 is 18.3 Å². The van der Waals surface area contributed by atoms with Crippen LogP contribution >= 0.6 is 0 Å². The summed E-state index contributed by atoms with van der Waals surface area (Å²) in [6.07, 6.45) is -5.94. The van der Waals surface area contributed by atoms with Gasteiger partial charge in [0, 0.05) is 36.4 Å². The van der Waals surface area contributed by atoms with Gasteiger partial charge in [-0.25, -0.2) is 14.8 Å². The number of nitrogen functional groups attached to an aromatic ring is 1. The first-order chi connectivity index (χ1) is 20.6. The first-order valence-electron chi connectivity index (χ1n) is 12.2. The topological polar surface area (TPSA) is 145 Å². The number of aliphatic carboxylic acids is 1. The van der Waals surface area contributed by atoms with Crippen LogP contribution in [0.1, 0.15) is 15.9 Å². The fraction of sp³-hybridized carbons (Fsp3) is 0.107. The summed E-state index contributed by atoms with van der Waals surface area (Å²) in [5.74, 6) is -3.40. The van der Waals surface area contributed by atoms with Crippen molar-refractivity contribution in [2.24, 2.45) is 7.05 Å². The Balaban J connectivity index is 0.000000566. The second kappa shape index (κ2) is 11.9.